The third-order valence-corrected chi connectivity index (χ3v) is 3.43. The molecule has 0 aromatic heterocycles. The summed E-state index contributed by atoms with van der Waals surface area (Å²) in [6.45, 7) is 8.12. The molecule has 1 rings (SSSR count). The lowest BCUT2D eigenvalue weighted by Crippen LogP contribution is -3.12. The zero-order valence-corrected chi connectivity index (χ0v) is 13.4. The second kappa shape index (κ2) is 10.8. The van der Waals surface area contributed by atoms with Crippen LogP contribution in [-0.2, 0) is 11.3 Å². The van der Waals surface area contributed by atoms with Crippen LogP contribution in [0.3, 0.4) is 0 Å². The molecule has 0 fully saturated rings. The smallest absolute Gasteiger partial charge is 0.407 e. The predicted octanol–water partition coefficient (Wildman–Crippen LogP) is -1.51. The van der Waals surface area contributed by atoms with Crippen molar-refractivity contribution >= 4 is 17.7 Å². The Hall–Kier alpha value is -0.970. The minimum absolute atomic E-state index is 0. The number of alkyl carbamates (subject to hydrolysis) is 1. The molecule has 1 amide bonds. The monoisotopic (exact) mass is 320 g/mol. The van der Waals surface area contributed by atoms with Crippen molar-refractivity contribution in [1.29, 1.82) is 0 Å². The molecule has 0 bridgehead atoms. The Morgan fingerprint density at radius 3 is 2.55 bits per heavy atom. The lowest BCUT2D eigenvalue weighted by atomic mass is 10.2. The maximum absolute atomic E-state index is 11.5. The van der Waals surface area contributed by atoms with Crippen molar-refractivity contribution in [3.63, 3.8) is 0 Å². The van der Waals surface area contributed by atoms with E-state index in [-0.39, 0.29) is 19.0 Å². The van der Waals surface area contributed by atoms with Crippen molar-refractivity contribution in [3.8, 4) is 0 Å². The fourth-order valence-electron chi connectivity index (χ4n) is 1.75. The minimum Gasteiger partial charge on any atom is -1.00 e. The number of halogens is 2. The Balaban J connectivity index is 0.00000361. The number of quaternary nitrogens is 1. The SMILES string of the molecule is CC[NH+](CC)CCNC(=O)OCc1ccccc1Cl.[Cl-]. The first kappa shape index (κ1) is 19.0. The highest BCUT2D eigenvalue weighted by molar-refractivity contribution is 6.31. The van der Waals surface area contributed by atoms with Crippen LogP contribution in [0.25, 0.3) is 0 Å². The van der Waals surface area contributed by atoms with E-state index in [4.69, 9.17) is 16.3 Å². The van der Waals surface area contributed by atoms with Gasteiger partial charge in [-0.15, -0.1) is 0 Å². The van der Waals surface area contributed by atoms with Crippen LogP contribution in [0.1, 0.15) is 19.4 Å². The Morgan fingerprint density at radius 1 is 1.30 bits per heavy atom. The van der Waals surface area contributed by atoms with Crippen LogP contribution < -0.4 is 22.6 Å². The van der Waals surface area contributed by atoms with Gasteiger partial charge in [-0.3, -0.25) is 0 Å². The molecule has 2 N–H and O–H groups in total. The van der Waals surface area contributed by atoms with Crippen molar-refractivity contribution in [2.75, 3.05) is 26.2 Å². The average molecular weight is 321 g/mol. The molecule has 1 aromatic carbocycles. The fourth-order valence-corrected chi connectivity index (χ4v) is 1.94. The summed E-state index contributed by atoms with van der Waals surface area (Å²) in [7, 11) is 0. The van der Waals surface area contributed by atoms with Gasteiger partial charge in [0.25, 0.3) is 0 Å². The molecular formula is C14H22Cl2N2O2. The molecule has 0 unspecified atom stereocenters. The quantitative estimate of drug-likeness (QED) is 0.642. The summed E-state index contributed by atoms with van der Waals surface area (Å²) in [6, 6.07) is 7.34. The van der Waals surface area contributed by atoms with Crippen LogP contribution >= 0.6 is 11.6 Å². The number of nitrogens with one attached hydrogen (secondary N) is 2. The van der Waals surface area contributed by atoms with Gasteiger partial charge >= 0.3 is 6.09 Å². The number of hydrogen-bond donors (Lipinski definition) is 2. The van der Waals surface area contributed by atoms with Crippen LogP contribution in [-0.4, -0.2) is 32.3 Å². The molecule has 0 saturated heterocycles. The summed E-state index contributed by atoms with van der Waals surface area (Å²) in [5.41, 5.74) is 0.814. The zero-order chi connectivity index (χ0) is 14.1. The molecule has 0 atom stereocenters. The summed E-state index contributed by atoms with van der Waals surface area (Å²) >= 11 is 5.98. The van der Waals surface area contributed by atoms with Crippen molar-refractivity contribution in [2.24, 2.45) is 0 Å². The van der Waals surface area contributed by atoms with E-state index in [1.165, 1.54) is 4.90 Å². The molecule has 0 aliphatic carbocycles. The molecule has 0 radical (unpaired) electrons. The molecule has 0 aliphatic heterocycles. The molecule has 20 heavy (non-hydrogen) atoms. The van der Waals surface area contributed by atoms with E-state index in [0.29, 0.717) is 11.6 Å². The highest BCUT2D eigenvalue weighted by Gasteiger charge is 2.06. The summed E-state index contributed by atoms with van der Waals surface area (Å²) in [4.78, 5) is 13.0. The molecule has 0 aliphatic rings. The predicted molar refractivity (Wildman–Crippen MR) is 76.6 cm³/mol. The second-order valence-corrected chi connectivity index (χ2v) is 4.71. The van der Waals surface area contributed by atoms with Gasteiger partial charge in [0.2, 0.25) is 0 Å². The van der Waals surface area contributed by atoms with E-state index in [1.807, 2.05) is 18.2 Å². The van der Waals surface area contributed by atoms with Crippen molar-refractivity contribution in [1.82, 2.24) is 5.32 Å². The van der Waals surface area contributed by atoms with Gasteiger partial charge in [0, 0.05) is 10.6 Å². The van der Waals surface area contributed by atoms with Crippen molar-refractivity contribution in [3.05, 3.63) is 34.9 Å². The van der Waals surface area contributed by atoms with Crippen LogP contribution in [0.5, 0.6) is 0 Å². The minimum atomic E-state index is -0.397. The summed E-state index contributed by atoms with van der Waals surface area (Å²) in [5, 5.41) is 3.36. The number of ether oxygens (including phenoxy) is 1. The first-order valence-electron chi connectivity index (χ1n) is 6.65. The van der Waals surface area contributed by atoms with Crippen LogP contribution in [0, 0.1) is 0 Å². The third-order valence-electron chi connectivity index (χ3n) is 3.06. The van der Waals surface area contributed by atoms with Gasteiger partial charge in [0.15, 0.2) is 0 Å². The summed E-state index contributed by atoms with van der Waals surface area (Å²) in [6.07, 6.45) is -0.397. The molecule has 4 nitrogen and oxygen atoms in total. The normalized spacial score (nSPS) is 10.0. The number of likely N-dealkylation sites (N-methyl/N-ethyl adjacent to an activating group) is 1. The topological polar surface area (TPSA) is 42.8 Å². The van der Waals surface area contributed by atoms with E-state index in [9.17, 15) is 4.79 Å². The molecule has 1 aromatic rings. The van der Waals surface area contributed by atoms with E-state index in [2.05, 4.69) is 19.2 Å². The Kier molecular flexibility index (Phi) is 10.3. The molecule has 114 valence electrons. The third kappa shape index (κ3) is 6.98. The number of amides is 1. The molecule has 0 heterocycles. The Morgan fingerprint density at radius 2 is 1.95 bits per heavy atom. The lowest BCUT2D eigenvalue weighted by molar-refractivity contribution is -0.895. The fraction of sp³-hybridized carbons (Fsp3) is 0.500. The van der Waals surface area contributed by atoms with Gasteiger partial charge in [0.1, 0.15) is 6.61 Å². The maximum atomic E-state index is 11.5. The van der Waals surface area contributed by atoms with Gasteiger partial charge in [-0.1, -0.05) is 29.8 Å². The standard InChI is InChI=1S/C14H21ClN2O2.ClH/c1-3-17(4-2)10-9-16-14(18)19-11-12-7-5-6-8-13(12)15;/h5-8H,3-4,9-11H2,1-2H3,(H,16,18);1H. The van der Waals surface area contributed by atoms with Crippen LogP contribution in [0.2, 0.25) is 5.02 Å². The van der Waals surface area contributed by atoms with Gasteiger partial charge in [-0.05, 0) is 19.9 Å². The number of rotatable bonds is 7. The first-order chi connectivity index (χ1) is 9.17. The highest BCUT2D eigenvalue weighted by atomic mass is 35.5. The summed E-state index contributed by atoms with van der Waals surface area (Å²) < 4.78 is 5.11. The largest absolute Gasteiger partial charge is 1.00 e. The molecule has 0 spiro atoms. The van der Waals surface area contributed by atoms with Gasteiger partial charge < -0.3 is 27.4 Å². The van der Waals surface area contributed by atoms with Crippen molar-refractivity contribution < 1.29 is 26.8 Å². The lowest BCUT2D eigenvalue weighted by Gasteiger charge is -2.15. The number of benzene rings is 1. The zero-order valence-electron chi connectivity index (χ0n) is 11.9. The van der Waals surface area contributed by atoms with E-state index >= 15 is 0 Å². The van der Waals surface area contributed by atoms with E-state index in [0.717, 1.165) is 25.2 Å². The van der Waals surface area contributed by atoms with Crippen LogP contribution in [0.15, 0.2) is 24.3 Å². The van der Waals surface area contributed by atoms with Gasteiger partial charge in [0.05, 0.1) is 26.2 Å². The highest BCUT2D eigenvalue weighted by Crippen LogP contribution is 2.15. The second-order valence-electron chi connectivity index (χ2n) is 4.30. The molecular weight excluding hydrogens is 299 g/mol. The maximum Gasteiger partial charge on any atom is 0.407 e. The Labute approximate surface area is 131 Å². The molecule has 6 heteroatoms. The first-order valence-corrected chi connectivity index (χ1v) is 7.02. The van der Waals surface area contributed by atoms with E-state index < -0.39 is 6.09 Å². The molecule has 0 saturated carbocycles. The van der Waals surface area contributed by atoms with E-state index in [1.54, 1.807) is 6.07 Å². The number of carbonyl (C=O) groups is 1. The number of carbonyl (C=O) groups excluding carboxylic acids is 1. The van der Waals surface area contributed by atoms with Crippen LogP contribution in [0.4, 0.5) is 4.79 Å². The number of hydrogen-bond acceptors (Lipinski definition) is 2. The average Bonchev–Trinajstić information content (AvgIpc) is 2.43. The van der Waals surface area contributed by atoms with Gasteiger partial charge in [-0.25, -0.2) is 4.79 Å². The Bertz CT molecular complexity index is 399. The van der Waals surface area contributed by atoms with Crippen molar-refractivity contribution in [2.45, 2.75) is 20.5 Å². The van der Waals surface area contributed by atoms with Gasteiger partial charge in [-0.2, -0.15) is 0 Å². The summed E-state index contributed by atoms with van der Waals surface area (Å²) in [5.74, 6) is 0.